The number of benzene rings is 3. The average molecular weight is 453 g/mol. The third-order valence-electron chi connectivity index (χ3n) is 5.45. The molecule has 2 N–H and O–H groups in total. The minimum absolute atomic E-state index is 0.0633. The number of hydrogen-bond acceptors (Lipinski definition) is 4. The maximum absolute atomic E-state index is 13.1. The van der Waals surface area contributed by atoms with Gasteiger partial charge in [0.25, 0.3) is 15.9 Å². The van der Waals surface area contributed by atoms with Gasteiger partial charge in [-0.3, -0.25) is 9.52 Å². The fraction of sp³-hybridized carbons (Fsp3) is 0.240. The zero-order valence-corrected chi connectivity index (χ0v) is 19.7. The van der Waals surface area contributed by atoms with Crippen molar-refractivity contribution in [3.63, 3.8) is 0 Å². The number of ether oxygens (including phenoxy) is 1. The van der Waals surface area contributed by atoms with E-state index in [1.54, 1.807) is 38.3 Å². The molecule has 6 nitrogen and oxygen atoms in total. The molecule has 0 saturated heterocycles. The molecule has 32 heavy (non-hydrogen) atoms. The van der Waals surface area contributed by atoms with Gasteiger partial charge in [-0.05, 0) is 74.7 Å². The molecular formula is C25H28N2O4S. The van der Waals surface area contributed by atoms with Crippen LogP contribution in [0.15, 0.2) is 65.6 Å². The van der Waals surface area contributed by atoms with Crippen LogP contribution in [0.5, 0.6) is 5.75 Å². The summed E-state index contributed by atoms with van der Waals surface area (Å²) in [5.74, 6) is 0.302. The number of carbonyl (C=O) groups excluding carboxylic acids is 1. The Hall–Kier alpha value is -3.32. The van der Waals surface area contributed by atoms with E-state index in [9.17, 15) is 13.2 Å². The van der Waals surface area contributed by atoms with Crippen molar-refractivity contribution in [3.8, 4) is 5.75 Å². The van der Waals surface area contributed by atoms with E-state index in [1.165, 1.54) is 6.07 Å². The highest BCUT2D eigenvalue weighted by Crippen LogP contribution is 2.26. The summed E-state index contributed by atoms with van der Waals surface area (Å²) in [4.78, 5) is 13.0. The number of rotatable bonds is 7. The van der Waals surface area contributed by atoms with E-state index in [4.69, 9.17) is 4.74 Å². The first-order valence-corrected chi connectivity index (χ1v) is 11.7. The largest absolute Gasteiger partial charge is 0.496 e. The Kier molecular flexibility index (Phi) is 6.89. The lowest BCUT2D eigenvalue weighted by Crippen LogP contribution is -2.27. The smallest absolute Gasteiger partial charge is 0.262 e. The average Bonchev–Trinajstić information content (AvgIpc) is 2.76. The SMILES string of the molecule is COc1ccccc1[C@H](C)NC(=O)c1ccc(C)c(S(=O)(=O)Nc2ccc(C)c(C)c2)c1. The van der Waals surface area contributed by atoms with Crippen molar-refractivity contribution in [2.75, 3.05) is 11.8 Å². The van der Waals surface area contributed by atoms with E-state index in [0.717, 1.165) is 16.7 Å². The van der Waals surface area contributed by atoms with Crippen LogP contribution in [-0.2, 0) is 10.0 Å². The fourth-order valence-corrected chi connectivity index (χ4v) is 4.75. The molecule has 0 aliphatic carbocycles. The topological polar surface area (TPSA) is 84.5 Å². The molecule has 3 rings (SSSR count). The Morgan fingerprint density at radius 2 is 1.59 bits per heavy atom. The zero-order valence-electron chi connectivity index (χ0n) is 18.9. The number of aryl methyl sites for hydroxylation is 3. The van der Waals surface area contributed by atoms with E-state index in [1.807, 2.05) is 51.1 Å². The number of anilines is 1. The van der Waals surface area contributed by atoms with Crippen LogP contribution >= 0.6 is 0 Å². The fourth-order valence-electron chi connectivity index (χ4n) is 3.43. The lowest BCUT2D eigenvalue weighted by molar-refractivity contribution is 0.0939. The summed E-state index contributed by atoms with van der Waals surface area (Å²) in [7, 11) is -2.29. The van der Waals surface area contributed by atoms with Crippen LogP contribution < -0.4 is 14.8 Å². The minimum Gasteiger partial charge on any atom is -0.496 e. The Morgan fingerprint density at radius 1 is 0.906 bits per heavy atom. The van der Waals surface area contributed by atoms with Crippen LogP contribution in [0.2, 0.25) is 0 Å². The molecule has 1 amide bonds. The molecule has 0 unspecified atom stereocenters. The predicted molar refractivity (Wildman–Crippen MR) is 127 cm³/mol. The molecule has 3 aromatic carbocycles. The quantitative estimate of drug-likeness (QED) is 0.533. The lowest BCUT2D eigenvalue weighted by atomic mass is 10.1. The highest BCUT2D eigenvalue weighted by Gasteiger charge is 2.21. The van der Waals surface area contributed by atoms with Gasteiger partial charge in [0.1, 0.15) is 5.75 Å². The number of para-hydroxylation sites is 1. The summed E-state index contributed by atoms with van der Waals surface area (Å²) in [6.07, 6.45) is 0. The summed E-state index contributed by atoms with van der Waals surface area (Å²) in [6.45, 7) is 7.44. The number of hydrogen-bond donors (Lipinski definition) is 2. The molecule has 1 atom stereocenters. The summed E-state index contributed by atoms with van der Waals surface area (Å²) in [5.41, 5.74) is 4.19. The van der Waals surface area contributed by atoms with Gasteiger partial charge in [0.05, 0.1) is 18.0 Å². The van der Waals surface area contributed by atoms with Crippen molar-refractivity contribution in [1.29, 1.82) is 0 Å². The molecule has 0 fully saturated rings. The normalized spacial score (nSPS) is 12.2. The lowest BCUT2D eigenvalue weighted by Gasteiger charge is -2.18. The van der Waals surface area contributed by atoms with Gasteiger partial charge in [-0.15, -0.1) is 0 Å². The Labute approximate surface area is 189 Å². The van der Waals surface area contributed by atoms with E-state index < -0.39 is 10.0 Å². The third kappa shape index (κ3) is 5.11. The zero-order chi connectivity index (χ0) is 23.5. The molecule has 168 valence electrons. The van der Waals surface area contributed by atoms with Crippen molar-refractivity contribution in [3.05, 3.63) is 88.5 Å². The monoisotopic (exact) mass is 452 g/mol. The van der Waals surface area contributed by atoms with Crippen molar-refractivity contribution >= 4 is 21.6 Å². The summed E-state index contributed by atoms with van der Waals surface area (Å²) in [5, 5.41) is 2.91. The van der Waals surface area contributed by atoms with Gasteiger partial charge in [0, 0.05) is 16.8 Å². The van der Waals surface area contributed by atoms with Gasteiger partial charge in [0.15, 0.2) is 0 Å². The van der Waals surface area contributed by atoms with E-state index >= 15 is 0 Å². The molecule has 0 heterocycles. The predicted octanol–water partition coefficient (Wildman–Crippen LogP) is 4.91. The van der Waals surface area contributed by atoms with Crippen molar-refractivity contribution in [2.45, 2.75) is 38.6 Å². The molecule has 0 radical (unpaired) electrons. The molecule has 7 heteroatoms. The van der Waals surface area contributed by atoms with Crippen LogP contribution in [0.4, 0.5) is 5.69 Å². The third-order valence-corrected chi connectivity index (χ3v) is 6.98. The van der Waals surface area contributed by atoms with Crippen LogP contribution in [0.3, 0.4) is 0 Å². The van der Waals surface area contributed by atoms with Gasteiger partial charge in [0.2, 0.25) is 0 Å². The highest BCUT2D eigenvalue weighted by molar-refractivity contribution is 7.92. The molecule has 0 spiro atoms. The second-order valence-electron chi connectivity index (χ2n) is 7.82. The molecule has 0 saturated carbocycles. The number of carbonyl (C=O) groups is 1. The second-order valence-corrected chi connectivity index (χ2v) is 9.47. The molecular weight excluding hydrogens is 424 g/mol. The molecule has 0 bridgehead atoms. The minimum atomic E-state index is -3.87. The van der Waals surface area contributed by atoms with Crippen molar-refractivity contribution in [1.82, 2.24) is 5.32 Å². The Morgan fingerprint density at radius 3 is 2.28 bits per heavy atom. The summed E-state index contributed by atoms with van der Waals surface area (Å²) < 4.78 is 34.1. The summed E-state index contributed by atoms with van der Waals surface area (Å²) in [6, 6.07) is 17.1. The Bertz CT molecular complexity index is 1250. The number of nitrogens with one attached hydrogen (secondary N) is 2. The van der Waals surface area contributed by atoms with Crippen molar-refractivity contribution < 1.29 is 17.9 Å². The van der Waals surface area contributed by atoms with Gasteiger partial charge in [-0.1, -0.05) is 30.3 Å². The van der Waals surface area contributed by atoms with Crippen molar-refractivity contribution in [2.24, 2.45) is 0 Å². The van der Waals surface area contributed by atoms with Gasteiger partial charge >= 0.3 is 0 Å². The standard InChI is InChI=1S/C25H28N2O4S/c1-16-11-13-21(14-18(16)3)27-32(29,30)24-15-20(12-10-17(24)2)25(28)26-19(4)22-8-6-7-9-23(22)31-5/h6-15,19,27H,1-5H3,(H,26,28)/t19-/m0/s1. The van der Waals surface area contributed by atoms with Crippen LogP contribution in [0.25, 0.3) is 0 Å². The molecule has 0 aliphatic rings. The number of methoxy groups -OCH3 is 1. The van der Waals surface area contributed by atoms with Crippen LogP contribution in [-0.4, -0.2) is 21.4 Å². The first-order chi connectivity index (χ1) is 15.1. The first-order valence-electron chi connectivity index (χ1n) is 10.3. The number of sulfonamides is 1. The van der Waals surface area contributed by atoms with Gasteiger partial charge in [-0.2, -0.15) is 0 Å². The first kappa shape index (κ1) is 23.3. The summed E-state index contributed by atoms with van der Waals surface area (Å²) >= 11 is 0. The maximum Gasteiger partial charge on any atom is 0.262 e. The van der Waals surface area contributed by atoms with Crippen LogP contribution in [0, 0.1) is 20.8 Å². The van der Waals surface area contributed by atoms with Crippen LogP contribution in [0.1, 0.15) is 45.6 Å². The van der Waals surface area contributed by atoms with E-state index in [-0.39, 0.29) is 22.4 Å². The molecule has 0 aliphatic heterocycles. The van der Waals surface area contributed by atoms with E-state index in [0.29, 0.717) is 17.0 Å². The molecule has 3 aromatic rings. The maximum atomic E-state index is 13.1. The Balaban J connectivity index is 1.85. The van der Waals surface area contributed by atoms with Gasteiger partial charge < -0.3 is 10.1 Å². The highest BCUT2D eigenvalue weighted by atomic mass is 32.2. The second kappa shape index (κ2) is 9.44. The van der Waals surface area contributed by atoms with Gasteiger partial charge in [-0.25, -0.2) is 8.42 Å². The number of amides is 1. The molecule has 0 aromatic heterocycles. The van der Waals surface area contributed by atoms with E-state index in [2.05, 4.69) is 10.0 Å².